The zero-order chi connectivity index (χ0) is 14.0. The number of hydrogen-bond acceptors (Lipinski definition) is 0. The van der Waals surface area contributed by atoms with Crippen molar-refractivity contribution in [1.29, 1.82) is 0 Å². The van der Waals surface area contributed by atoms with Crippen molar-refractivity contribution >= 4 is 23.2 Å². The van der Waals surface area contributed by atoms with E-state index in [9.17, 15) is 8.78 Å². The van der Waals surface area contributed by atoms with Gasteiger partial charge in [-0.05, 0) is 36.6 Å². The molecule has 2 aromatic rings. The van der Waals surface area contributed by atoms with E-state index in [1.54, 1.807) is 0 Å². The number of benzene rings is 2. The Balaban J connectivity index is 2.25. The van der Waals surface area contributed by atoms with Crippen molar-refractivity contribution in [2.24, 2.45) is 0 Å². The highest BCUT2D eigenvalue weighted by molar-refractivity contribution is 6.32. The van der Waals surface area contributed by atoms with Gasteiger partial charge in [-0.1, -0.05) is 41.4 Å². The summed E-state index contributed by atoms with van der Waals surface area (Å²) in [6.45, 7) is 1.98. The standard InChI is InChI=1S/C15H12Cl2F2/c1-9-3-2-4-10(5-9)6-12(16)11-7-14(18)15(19)8-13(11)17/h2-5,7-8,12H,6H2,1H3. The lowest BCUT2D eigenvalue weighted by Crippen LogP contribution is -1.99. The van der Waals surface area contributed by atoms with Gasteiger partial charge in [-0.2, -0.15) is 0 Å². The highest BCUT2D eigenvalue weighted by atomic mass is 35.5. The van der Waals surface area contributed by atoms with Crippen molar-refractivity contribution < 1.29 is 8.78 Å². The molecular weight excluding hydrogens is 289 g/mol. The van der Waals surface area contributed by atoms with Gasteiger partial charge in [-0.25, -0.2) is 8.78 Å². The van der Waals surface area contributed by atoms with Crippen LogP contribution in [0.3, 0.4) is 0 Å². The van der Waals surface area contributed by atoms with E-state index in [-0.39, 0.29) is 5.02 Å². The Hall–Kier alpha value is -1.12. The van der Waals surface area contributed by atoms with Crippen LogP contribution < -0.4 is 0 Å². The van der Waals surface area contributed by atoms with Gasteiger partial charge in [0, 0.05) is 5.02 Å². The van der Waals surface area contributed by atoms with Gasteiger partial charge in [-0.15, -0.1) is 11.6 Å². The maximum Gasteiger partial charge on any atom is 0.160 e. The van der Waals surface area contributed by atoms with Crippen molar-refractivity contribution in [3.8, 4) is 0 Å². The second-order valence-electron chi connectivity index (χ2n) is 4.45. The molecule has 0 heterocycles. The Morgan fingerprint density at radius 2 is 1.79 bits per heavy atom. The first-order valence-corrected chi connectivity index (χ1v) is 6.63. The molecule has 0 aromatic heterocycles. The monoisotopic (exact) mass is 300 g/mol. The third-order valence-corrected chi connectivity index (χ3v) is 3.59. The Morgan fingerprint density at radius 3 is 2.47 bits per heavy atom. The maximum absolute atomic E-state index is 13.2. The van der Waals surface area contributed by atoms with Gasteiger partial charge < -0.3 is 0 Å². The Kier molecular flexibility index (Phi) is 4.43. The van der Waals surface area contributed by atoms with Crippen LogP contribution in [0.1, 0.15) is 22.1 Å². The molecule has 0 aliphatic carbocycles. The van der Waals surface area contributed by atoms with Gasteiger partial charge >= 0.3 is 0 Å². The Labute approximate surface area is 121 Å². The largest absolute Gasteiger partial charge is 0.204 e. The molecule has 0 saturated heterocycles. The molecule has 0 fully saturated rings. The summed E-state index contributed by atoms with van der Waals surface area (Å²) in [6, 6.07) is 9.88. The molecule has 0 N–H and O–H groups in total. The average molecular weight is 301 g/mol. The molecule has 0 amide bonds. The first-order chi connectivity index (χ1) is 8.97. The summed E-state index contributed by atoms with van der Waals surface area (Å²) in [7, 11) is 0. The molecule has 0 saturated carbocycles. The number of halogens is 4. The molecule has 1 unspecified atom stereocenters. The van der Waals surface area contributed by atoms with E-state index in [4.69, 9.17) is 23.2 Å². The lowest BCUT2D eigenvalue weighted by Gasteiger charge is -2.12. The van der Waals surface area contributed by atoms with Crippen LogP contribution in [0.2, 0.25) is 5.02 Å². The fraction of sp³-hybridized carbons (Fsp3) is 0.200. The van der Waals surface area contributed by atoms with Crippen LogP contribution in [0, 0.1) is 18.6 Å². The molecular formula is C15H12Cl2F2. The van der Waals surface area contributed by atoms with Gasteiger partial charge in [0.1, 0.15) is 0 Å². The van der Waals surface area contributed by atoms with Gasteiger partial charge in [0.25, 0.3) is 0 Å². The molecule has 4 heteroatoms. The second kappa shape index (κ2) is 5.89. The summed E-state index contributed by atoms with van der Waals surface area (Å²) in [5, 5.41) is -0.351. The summed E-state index contributed by atoms with van der Waals surface area (Å²) in [6.07, 6.45) is 0.508. The minimum absolute atomic E-state index is 0.145. The van der Waals surface area contributed by atoms with E-state index in [2.05, 4.69) is 0 Å². The first-order valence-electron chi connectivity index (χ1n) is 5.81. The van der Waals surface area contributed by atoms with E-state index in [0.717, 1.165) is 23.3 Å². The lowest BCUT2D eigenvalue weighted by molar-refractivity contribution is 0.507. The van der Waals surface area contributed by atoms with Crippen molar-refractivity contribution in [3.05, 3.63) is 69.7 Å². The van der Waals surface area contributed by atoms with Gasteiger partial charge in [0.2, 0.25) is 0 Å². The third-order valence-electron chi connectivity index (χ3n) is 2.87. The summed E-state index contributed by atoms with van der Waals surface area (Å²) in [4.78, 5) is 0. The number of alkyl halides is 1. The fourth-order valence-corrected chi connectivity index (χ4v) is 2.63. The molecule has 0 radical (unpaired) electrons. The summed E-state index contributed by atoms with van der Waals surface area (Å²) in [5.41, 5.74) is 2.56. The third kappa shape index (κ3) is 3.46. The van der Waals surface area contributed by atoms with E-state index in [1.165, 1.54) is 0 Å². The van der Waals surface area contributed by atoms with Crippen LogP contribution in [-0.2, 0) is 6.42 Å². The van der Waals surface area contributed by atoms with Crippen LogP contribution in [-0.4, -0.2) is 0 Å². The summed E-state index contributed by atoms with van der Waals surface area (Å²) < 4.78 is 26.2. The molecule has 2 aromatic carbocycles. The Bertz CT molecular complexity index is 597. The molecule has 2 rings (SSSR count). The predicted molar refractivity (Wildman–Crippen MR) is 74.8 cm³/mol. The molecule has 0 nitrogen and oxygen atoms in total. The molecule has 100 valence electrons. The van der Waals surface area contributed by atoms with Gasteiger partial charge in [0.05, 0.1) is 5.38 Å². The zero-order valence-electron chi connectivity index (χ0n) is 10.3. The number of hydrogen-bond donors (Lipinski definition) is 0. The molecule has 0 spiro atoms. The van der Waals surface area contributed by atoms with Crippen LogP contribution in [0.15, 0.2) is 36.4 Å². The molecule has 0 aliphatic heterocycles. The quantitative estimate of drug-likeness (QED) is 0.522. The molecule has 1 atom stereocenters. The van der Waals surface area contributed by atoms with Gasteiger partial charge in [0.15, 0.2) is 11.6 Å². The van der Waals surface area contributed by atoms with Crippen molar-refractivity contribution in [2.75, 3.05) is 0 Å². The fourth-order valence-electron chi connectivity index (χ4n) is 1.93. The molecule has 0 aliphatic rings. The minimum Gasteiger partial charge on any atom is -0.204 e. The smallest absolute Gasteiger partial charge is 0.160 e. The molecule has 0 bridgehead atoms. The van der Waals surface area contributed by atoms with E-state index < -0.39 is 17.0 Å². The van der Waals surface area contributed by atoms with Crippen LogP contribution in [0.5, 0.6) is 0 Å². The van der Waals surface area contributed by atoms with Crippen LogP contribution >= 0.6 is 23.2 Å². The summed E-state index contributed by atoms with van der Waals surface area (Å²) in [5.74, 6) is -1.90. The van der Waals surface area contributed by atoms with E-state index in [0.29, 0.717) is 12.0 Å². The average Bonchev–Trinajstić information content (AvgIpc) is 2.33. The number of aryl methyl sites for hydroxylation is 1. The van der Waals surface area contributed by atoms with Crippen molar-refractivity contribution in [2.45, 2.75) is 18.7 Å². The number of rotatable bonds is 3. The second-order valence-corrected chi connectivity index (χ2v) is 5.38. The highest BCUT2D eigenvalue weighted by Gasteiger charge is 2.16. The topological polar surface area (TPSA) is 0 Å². The van der Waals surface area contributed by atoms with Crippen molar-refractivity contribution in [3.63, 3.8) is 0 Å². The van der Waals surface area contributed by atoms with Gasteiger partial charge in [-0.3, -0.25) is 0 Å². The predicted octanol–water partition coefficient (Wildman–Crippen LogP) is 5.45. The lowest BCUT2D eigenvalue weighted by atomic mass is 10.0. The zero-order valence-corrected chi connectivity index (χ0v) is 11.8. The molecule has 19 heavy (non-hydrogen) atoms. The first kappa shape index (κ1) is 14.3. The van der Waals surface area contributed by atoms with Crippen LogP contribution in [0.25, 0.3) is 0 Å². The normalized spacial score (nSPS) is 12.5. The Morgan fingerprint density at radius 1 is 1.11 bits per heavy atom. The maximum atomic E-state index is 13.2. The highest BCUT2D eigenvalue weighted by Crippen LogP contribution is 2.32. The summed E-state index contributed by atoms with van der Waals surface area (Å²) >= 11 is 12.2. The van der Waals surface area contributed by atoms with E-state index in [1.807, 2.05) is 31.2 Å². The van der Waals surface area contributed by atoms with E-state index >= 15 is 0 Å². The van der Waals surface area contributed by atoms with Crippen molar-refractivity contribution in [1.82, 2.24) is 0 Å². The minimum atomic E-state index is -0.965. The SMILES string of the molecule is Cc1cccc(CC(Cl)c2cc(F)c(F)cc2Cl)c1. The van der Waals surface area contributed by atoms with Crippen LogP contribution in [0.4, 0.5) is 8.78 Å².